The Labute approximate surface area is 132 Å². The van der Waals surface area contributed by atoms with E-state index in [2.05, 4.69) is 21.2 Å². The van der Waals surface area contributed by atoms with Crippen LogP contribution in [0.4, 0.5) is 8.78 Å². The van der Waals surface area contributed by atoms with Crippen LogP contribution in [0, 0.1) is 18.6 Å². The standard InChI is InChI=1S/C17H18BrF2N/c1-3-21-16(12-8-7-11(2)15(20)9-12)10-13-5-4-6-14(19)17(13)18/h4-9,16,21H,3,10H2,1-2H3. The lowest BCUT2D eigenvalue weighted by Crippen LogP contribution is -2.23. The molecule has 0 heterocycles. The fourth-order valence-electron chi connectivity index (χ4n) is 2.31. The molecule has 2 aromatic carbocycles. The highest BCUT2D eigenvalue weighted by Crippen LogP contribution is 2.26. The Balaban J connectivity index is 2.30. The summed E-state index contributed by atoms with van der Waals surface area (Å²) in [5.41, 5.74) is 2.36. The predicted molar refractivity (Wildman–Crippen MR) is 85.4 cm³/mol. The summed E-state index contributed by atoms with van der Waals surface area (Å²) >= 11 is 3.28. The number of nitrogens with one attached hydrogen (secondary N) is 1. The number of benzene rings is 2. The largest absolute Gasteiger partial charge is 0.310 e. The van der Waals surface area contributed by atoms with Gasteiger partial charge in [0.1, 0.15) is 11.6 Å². The summed E-state index contributed by atoms with van der Waals surface area (Å²) in [6.07, 6.45) is 0.592. The smallest absolute Gasteiger partial charge is 0.137 e. The molecule has 0 aliphatic heterocycles. The monoisotopic (exact) mass is 353 g/mol. The number of hydrogen-bond donors (Lipinski definition) is 1. The van der Waals surface area contributed by atoms with Gasteiger partial charge in [0.2, 0.25) is 0 Å². The Morgan fingerprint density at radius 2 is 1.90 bits per heavy atom. The van der Waals surface area contributed by atoms with Gasteiger partial charge in [0.25, 0.3) is 0 Å². The van der Waals surface area contributed by atoms with Crippen LogP contribution >= 0.6 is 15.9 Å². The van der Waals surface area contributed by atoms with Crippen LogP contribution in [0.15, 0.2) is 40.9 Å². The van der Waals surface area contributed by atoms with Crippen molar-refractivity contribution < 1.29 is 8.78 Å². The van der Waals surface area contributed by atoms with E-state index in [1.807, 2.05) is 19.1 Å². The molecule has 0 saturated carbocycles. The third kappa shape index (κ3) is 3.89. The van der Waals surface area contributed by atoms with Crippen molar-refractivity contribution in [1.82, 2.24) is 5.32 Å². The lowest BCUT2D eigenvalue weighted by Gasteiger charge is -2.20. The number of rotatable bonds is 5. The van der Waals surface area contributed by atoms with E-state index in [0.717, 1.165) is 17.7 Å². The van der Waals surface area contributed by atoms with E-state index in [0.29, 0.717) is 16.5 Å². The quantitative estimate of drug-likeness (QED) is 0.803. The summed E-state index contributed by atoms with van der Waals surface area (Å²) in [5.74, 6) is -0.494. The maximum atomic E-state index is 13.8. The Morgan fingerprint density at radius 3 is 2.57 bits per heavy atom. The molecule has 0 aliphatic carbocycles. The van der Waals surface area contributed by atoms with Crippen LogP contribution in [0.3, 0.4) is 0 Å². The summed E-state index contributed by atoms with van der Waals surface area (Å²) in [6.45, 7) is 4.50. The molecule has 0 aliphatic rings. The van der Waals surface area contributed by atoms with Gasteiger partial charge in [-0.15, -0.1) is 0 Å². The van der Waals surface area contributed by atoms with Crippen molar-refractivity contribution in [3.63, 3.8) is 0 Å². The summed E-state index contributed by atoms with van der Waals surface area (Å²) in [4.78, 5) is 0. The van der Waals surface area contributed by atoms with Gasteiger partial charge in [-0.3, -0.25) is 0 Å². The SMILES string of the molecule is CCNC(Cc1cccc(F)c1Br)c1ccc(C)c(F)c1. The number of aryl methyl sites for hydroxylation is 1. The number of halogens is 3. The first-order valence-electron chi connectivity index (χ1n) is 6.95. The van der Waals surface area contributed by atoms with Gasteiger partial charge < -0.3 is 5.32 Å². The number of likely N-dealkylation sites (N-methyl/N-ethyl adjacent to an activating group) is 1. The predicted octanol–water partition coefficient (Wildman–Crippen LogP) is 4.93. The first kappa shape index (κ1) is 16.1. The van der Waals surface area contributed by atoms with Crippen molar-refractivity contribution in [3.05, 3.63) is 69.2 Å². The molecule has 0 amide bonds. The van der Waals surface area contributed by atoms with Crippen molar-refractivity contribution in [2.45, 2.75) is 26.3 Å². The molecule has 1 nitrogen and oxygen atoms in total. The lowest BCUT2D eigenvalue weighted by atomic mass is 9.97. The van der Waals surface area contributed by atoms with Crippen molar-refractivity contribution in [1.29, 1.82) is 0 Å². The minimum absolute atomic E-state index is 0.0526. The van der Waals surface area contributed by atoms with Crippen LogP contribution < -0.4 is 5.32 Å². The molecule has 2 rings (SSSR count). The molecule has 0 aromatic heterocycles. The zero-order valence-electron chi connectivity index (χ0n) is 12.1. The van der Waals surface area contributed by atoms with Gasteiger partial charge in [0.15, 0.2) is 0 Å². The molecule has 1 atom stereocenters. The second-order valence-electron chi connectivity index (χ2n) is 5.04. The Morgan fingerprint density at radius 1 is 1.14 bits per heavy atom. The van der Waals surface area contributed by atoms with Gasteiger partial charge >= 0.3 is 0 Å². The topological polar surface area (TPSA) is 12.0 Å². The summed E-state index contributed by atoms with van der Waals surface area (Å²) in [5, 5.41) is 3.33. The molecule has 2 aromatic rings. The average molecular weight is 354 g/mol. The molecular weight excluding hydrogens is 336 g/mol. The van der Waals surface area contributed by atoms with Crippen LogP contribution in [-0.4, -0.2) is 6.54 Å². The second kappa shape index (κ2) is 7.14. The first-order chi connectivity index (χ1) is 10.0. The van der Waals surface area contributed by atoms with Crippen LogP contribution in [-0.2, 0) is 6.42 Å². The molecular formula is C17H18BrF2N. The van der Waals surface area contributed by atoms with Crippen molar-refractivity contribution in [3.8, 4) is 0 Å². The summed E-state index contributed by atoms with van der Waals surface area (Å²) < 4.78 is 27.8. The van der Waals surface area contributed by atoms with E-state index < -0.39 is 0 Å². The maximum absolute atomic E-state index is 13.8. The van der Waals surface area contributed by atoms with Crippen LogP contribution in [0.1, 0.15) is 29.7 Å². The minimum Gasteiger partial charge on any atom is -0.310 e. The highest BCUT2D eigenvalue weighted by molar-refractivity contribution is 9.10. The van der Waals surface area contributed by atoms with Crippen molar-refractivity contribution in [2.75, 3.05) is 6.54 Å². The molecule has 0 spiro atoms. The second-order valence-corrected chi connectivity index (χ2v) is 5.83. The maximum Gasteiger partial charge on any atom is 0.137 e. The van der Waals surface area contributed by atoms with E-state index in [-0.39, 0.29) is 17.7 Å². The van der Waals surface area contributed by atoms with E-state index in [4.69, 9.17) is 0 Å². The number of hydrogen-bond acceptors (Lipinski definition) is 1. The molecule has 4 heteroatoms. The Bertz CT molecular complexity index is 628. The Hall–Kier alpha value is -1.26. The van der Waals surface area contributed by atoms with Gasteiger partial charge in [-0.05, 0) is 64.6 Å². The van der Waals surface area contributed by atoms with Gasteiger partial charge in [-0.25, -0.2) is 8.78 Å². The molecule has 1 N–H and O–H groups in total. The molecule has 0 fully saturated rings. The molecule has 0 saturated heterocycles. The molecule has 21 heavy (non-hydrogen) atoms. The third-order valence-electron chi connectivity index (χ3n) is 3.50. The van der Waals surface area contributed by atoms with Crippen LogP contribution in [0.2, 0.25) is 0 Å². The molecule has 112 valence electrons. The van der Waals surface area contributed by atoms with Gasteiger partial charge in [-0.2, -0.15) is 0 Å². The average Bonchev–Trinajstić information content (AvgIpc) is 2.46. The van der Waals surface area contributed by atoms with E-state index >= 15 is 0 Å². The first-order valence-corrected chi connectivity index (χ1v) is 7.74. The van der Waals surface area contributed by atoms with Crippen LogP contribution in [0.25, 0.3) is 0 Å². The van der Waals surface area contributed by atoms with Crippen molar-refractivity contribution >= 4 is 15.9 Å². The fraction of sp³-hybridized carbons (Fsp3) is 0.294. The van der Waals surface area contributed by atoms with Gasteiger partial charge in [0, 0.05) is 6.04 Å². The van der Waals surface area contributed by atoms with Crippen molar-refractivity contribution in [2.24, 2.45) is 0 Å². The van der Waals surface area contributed by atoms with E-state index in [9.17, 15) is 8.78 Å². The molecule has 0 bridgehead atoms. The highest BCUT2D eigenvalue weighted by Gasteiger charge is 2.15. The fourth-order valence-corrected chi connectivity index (χ4v) is 2.73. The zero-order chi connectivity index (χ0) is 15.4. The minimum atomic E-state index is -0.280. The van der Waals surface area contributed by atoms with E-state index in [1.54, 1.807) is 25.1 Å². The third-order valence-corrected chi connectivity index (χ3v) is 4.39. The van der Waals surface area contributed by atoms with Gasteiger partial charge in [0.05, 0.1) is 4.47 Å². The molecule has 0 radical (unpaired) electrons. The summed E-state index contributed by atoms with van der Waals surface area (Å²) in [6, 6.07) is 10.2. The Kier molecular flexibility index (Phi) is 5.48. The van der Waals surface area contributed by atoms with Crippen LogP contribution in [0.5, 0.6) is 0 Å². The van der Waals surface area contributed by atoms with E-state index in [1.165, 1.54) is 6.07 Å². The lowest BCUT2D eigenvalue weighted by molar-refractivity contribution is 0.537. The molecule has 1 unspecified atom stereocenters. The van der Waals surface area contributed by atoms with Gasteiger partial charge in [-0.1, -0.05) is 31.2 Å². The highest BCUT2D eigenvalue weighted by atomic mass is 79.9. The summed E-state index contributed by atoms with van der Waals surface area (Å²) in [7, 11) is 0. The normalized spacial score (nSPS) is 12.4. The zero-order valence-corrected chi connectivity index (χ0v) is 13.7.